The number of nitrogens with two attached hydrogens (primary N) is 1. The maximum absolute atomic E-state index is 5.97. The Morgan fingerprint density at radius 2 is 2.09 bits per heavy atom. The third-order valence-corrected chi connectivity index (χ3v) is 3.74. The van der Waals surface area contributed by atoms with Crippen LogP contribution in [0.4, 0.5) is 11.5 Å². The Kier molecular flexibility index (Phi) is 4.43. The molecule has 3 rings (SSSR count). The monoisotopic (exact) mass is 310 g/mol. The fraction of sp³-hybridized carbons (Fsp3) is 0.294. The van der Waals surface area contributed by atoms with E-state index in [4.69, 9.17) is 5.73 Å². The molecule has 0 radical (unpaired) electrons. The summed E-state index contributed by atoms with van der Waals surface area (Å²) in [5, 5.41) is 11.5. The predicted molar refractivity (Wildman–Crippen MR) is 95.4 cm³/mol. The summed E-state index contributed by atoms with van der Waals surface area (Å²) in [5.74, 6) is 0.523. The highest BCUT2D eigenvalue weighted by atomic mass is 15.1. The molecule has 4 N–H and O–H groups in total. The van der Waals surface area contributed by atoms with Gasteiger partial charge >= 0.3 is 0 Å². The second-order valence-corrected chi connectivity index (χ2v) is 5.88. The Morgan fingerprint density at radius 3 is 2.83 bits per heavy atom. The highest BCUT2D eigenvalue weighted by Gasteiger charge is 2.07. The van der Waals surface area contributed by atoms with Crippen LogP contribution in [-0.2, 0) is 0 Å². The van der Waals surface area contributed by atoms with Crippen LogP contribution in [0.15, 0.2) is 36.5 Å². The van der Waals surface area contributed by atoms with E-state index in [0.717, 1.165) is 47.4 Å². The molecule has 0 aliphatic carbocycles. The summed E-state index contributed by atoms with van der Waals surface area (Å²) >= 11 is 0. The van der Waals surface area contributed by atoms with Gasteiger partial charge in [0.1, 0.15) is 5.82 Å². The maximum Gasteiger partial charge on any atom is 0.126 e. The fourth-order valence-electron chi connectivity index (χ4n) is 2.60. The highest BCUT2D eigenvalue weighted by Crippen LogP contribution is 2.28. The number of nitrogens with one attached hydrogen (secondary N) is 2. The number of benzene rings is 1. The molecule has 3 aromatic rings. The molecule has 0 aliphatic heterocycles. The molecule has 0 spiro atoms. The zero-order valence-corrected chi connectivity index (χ0v) is 13.5. The Bertz CT molecular complexity index is 779. The summed E-state index contributed by atoms with van der Waals surface area (Å²) in [6, 6.07) is 10.0. The standard InChI is InChI=1S/C17H22N6/c1-23(2)9-3-7-19-15-11-17(18)21-16-10-12(4-5-13(15)16)14-6-8-20-22-14/h4-6,8,10-11H,3,7,9H2,1-2H3,(H,20,22)(H3,18,19,21). The number of H-pyrrole nitrogens is 1. The molecule has 0 saturated carbocycles. The van der Waals surface area contributed by atoms with Crippen molar-refractivity contribution in [2.45, 2.75) is 6.42 Å². The van der Waals surface area contributed by atoms with Gasteiger partial charge in [0.05, 0.1) is 11.2 Å². The van der Waals surface area contributed by atoms with Gasteiger partial charge in [-0.05, 0) is 39.2 Å². The average molecular weight is 310 g/mol. The van der Waals surface area contributed by atoms with Gasteiger partial charge in [-0.15, -0.1) is 0 Å². The quantitative estimate of drug-likeness (QED) is 0.610. The number of hydrogen-bond acceptors (Lipinski definition) is 5. The number of nitrogens with zero attached hydrogens (tertiary/aromatic N) is 3. The number of hydrogen-bond donors (Lipinski definition) is 3. The van der Waals surface area contributed by atoms with Crippen LogP contribution in [0.1, 0.15) is 6.42 Å². The van der Waals surface area contributed by atoms with Crippen molar-refractivity contribution in [2.75, 3.05) is 38.2 Å². The number of anilines is 2. The molecule has 0 unspecified atom stereocenters. The van der Waals surface area contributed by atoms with E-state index < -0.39 is 0 Å². The van der Waals surface area contributed by atoms with Crippen LogP contribution in [-0.4, -0.2) is 47.3 Å². The van der Waals surface area contributed by atoms with E-state index in [1.807, 2.05) is 18.2 Å². The van der Waals surface area contributed by atoms with Crippen molar-refractivity contribution in [3.8, 4) is 11.3 Å². The zero-order valence-electron chi connectivity index (χ0n) is 13.5. The van der Waals surface area contributed by atoms with Crippen LogP contribution >= 0.6 is 0 Å². The minimum Gasteiger partial charge on any atom is -0.384 e. The first-order valence-electron chi connectivity index (χ1n) is 7.72. The molecule has 23 heavy (non-hydrogen) atoms. The molecule has 120 valence electrons. The number of pyridine rings is 1. The van der Waals surface area contributed by atoms with Crippen molar-refractivity contribution >= 4 is 22.4 Å². The molecule has 0 saturated heterocycles. The summed E-state index contributed by atoms with van der Waals surface area (Å²) in [4.78, 5) is 6.64. The maximum atomic E-state index is 5.97. The van der Waals surface area contributed by atoms with Gasteiger partial charge in [0.25, 0.3) is 0 Å². The second kappa shape index (κ2) is 6.66. The second-order valence-electron chi connectivity index (χ2n) is 5.88. The van der Waals surface area contributed by atoms with Crippen LogP contribution in [0.25, 0.3) is 22.2 Å². The van der Waals surface area contributed by atoms with Crippen LogP contribution < -0.4 is 11.1 Å². The van der Waals surface area contributed by atoms with Gasteiger partial charge in [-0.2, -0.15) is 5.10 Å². The Hall–Kier alpha value is -2.60. The van der Waals surface area contributed by atoms with E-state index in [2.05, 4.69) is 51.6 Å². The van der Waals surface area contributed by atoms with Crippen molar-refractivity contribution in [1.29, 1.82) is 0 Å². The smallest absolute Gasteiger partial charge is 0.126 e. The normalized spacial score (nSPS) is 11.3. The number of aromatic nitrogens is 3. The van der Waals surface area contributed by atoms with Crippen LogP contribution in [0, 0.1) is 0 Å². The molecule has 6 nitrogen and oxygen atoms in total. The fourth-order valence-corrected chi connectivity index (χ4v) is 2.60. The van der Waals surface area contributed by atoms with E-state index in [1.54, 1.807) is 6.20 Å². The Morgan fingerprint density at radius 1 is 1.22 bits per heavy atom. The first-order valence-corrected chi connectivity index (χ1v) is 7.72. The summed E-state index contributed by atoms with van der Waals surface area (Å²) < 4.78 is 0. The molecule has 2 heterocycles. The molecule has 2 aromatic heterocycles. The highest BCUT2D eigenvalue weighted by molar-refractivity contribution is 5.95. The molecule has 0 amide bonds. The van der Waals surface area contributed by atoms with Crippen molar-refractivity contribution < 1.29 is 0 Å². The topological polar surface area (TPSA) is 82.9 Å². The van der Waals surface area contributed by atoms with Crippen molar-refractivity contribution in [3.63, 3.8) is 0 Å². The van der Waals surface area contributed by atoms with E-state index in [9.17, 15) is 0 Å². The molecule has 6 heteroatoms. The lowest BCUT2D eigenvalue weighted by Gasteiger charge is -2.13. The number of nitrogen functional groups attached to an aromatic ring is 1. The molecule has 1 aromatic carbocycles. The van der Waals surface area contributed by atoms with Gasteiger partial charge in [-0.3, -0.25) is 5.10 Å². The van der Waals surface area contributed by atoms with Gasteiger partial charge < -0.3 is 16.0 Å². The van der Waals surface area contributed by atoms with Gasteiger partial charge in [-0.25, -0.2) is 4.98 Å². The van der Waals surface area contributed by atoms with Crippen molar-refractivity contribution in [1.82, 2.24) is 20.1 Å². The first kappa shape index (κ1) is 15.3. The number of rotatable bonds is 6. The average Bonchev–Trinajstić information content (AvgIpc) is 3.04. The van der Waals surface area contributed by atoms with Crippen LogP contribution in [0.2, 0.25) is 0 Å². The van der Waals surface area contributed by atoms with E-state index in [1.165, 1.54) is 0 Å². The van der Waals surface area contributed by atoms with Crippen molar-refractivity contribution in [3.05, 3.63) is 36.5 Å². The summed E-state index contributed by atoms with van der Waals surface area (Å²) in [6.07, 6.45) is 2.81. The molecule has 0 aliphatic rings. The minimum absolute atomic E-state index is 0.523. The lowest BCUT2D eigenvalue weighted by atomic mass is 10.1. The Balaban J connectivity index is 1.87. The predicted octanol–water partition coefficient (Wildman–Crippen LogP) is 2.57. The number of fused-ring (bicyclic) bond motifs is 1. The SMILES string of the molecule is CN(C)CCCNc1cc(N)nc2cc(-c3ccn[nH]3)ccc12. The minimum atomic E-state index is 0.523. The first-order chi connectivity index (χ1) is 11.1. The van der Waals surface area contributed by atoms with Crippen LogP contribution in [0.3, 0.4) is 0 Å². The largest absolute Gasteiger partial charge is 0.384 e. The van der Waals surface area contributed by atoms with Gasteiger partial charge in [0.2, 0.25) is 0 Å². The third-order valence-electron chi connectivity index (χ3n) is 3.74. The zero-order chi connectivity index (χ0) is 16.2. The third kappa shape index (κ3) is 3.60. The number of aromatic amines is 1. The molecular formula is C17H22N6. The Labute approximate surface area is 135 Å². The lowest BCUT2D eigenvalue weighted by Crippen LogP contribution is -2.16. The van der Waals surface area contributed by atoms with Gasteiger partial charge in [0.15, 0.2) is 0 Å². The molecule has 0 fully saturated rings. The van der Waals surface area contributed by atoms with Gasteiger partial charge in [-0.1, -0.05) is 12.1 Å². The van der Waals surface area contributed by atoms with E-state index in [0.29, 0.717) is 5.82 Å². The molecular weight excluding hydrogens is 288 g/mol. The summed E-state index contributed by atoms with van der Waals surface area (Å²) in [5.41, 5.74) is 9.90. The molecule has 0 bridgehead atoms. The van der Waals surface area contributed by atoms with Gasteiger partial charge in [0, 0.05) is 35.4 Å². The van der Waals surface area contributed by atoms with Crippen molar-refractivity contribution in [2.24, 2.45) is 0 Å². The van der Waals surface area contributed by atoms with Crippen LogP contribution in [0.5, 0.6) is 0 Å². The van der Waals surface area contributed by atoms with E-state index >= 15 is 0 Å². The summed E-state index contributed by atoms with van der Waals surface area (Å²) in [7, 11) is 4.16. The lowest BCUT2D eigenvalue weighted by molar-refractivity contribution is 0.405. The summed E-state index contributed by atoms with van der Waals surface area (Å²) in [6.45, 7) is 1.95. The van der Waals surface area contributed by atoms with E-state index in [-0.39, 0.29) is 0 Å². The molecule has 0 atom stereocenters.